The highest BCUT2D eigenvalue weighted by Gasteiger charge is 2.34. The van der Waals surface area contributed by atoms with Gasteiger partial charge in [0, 0.05) is 55.2 Å². The highest BCUT2D eigenvalue weighted by molar-refractivity contribution is 7.15. The Bertz CT molecular complexity index is 1000. The molecule has 1 aliphatic heterocycles. The van der Waals surface area contributed by atoms with Crippen molar-refractivity contribution in [1.82, 2.24) is 9.88 Å². The minimum absolute atomic E-state index is 0.0588. The van der Waals surface area contributed by atoms with E-state index < -0.39 is 11.7 Å². The Balaban J connectivity index is 1.42. The van der Waals surface area contributed by atoms with Crippen molar-refractivity contribution >= 4 is 34.3 Å². The van der Waals surface area contributed by atoms with Crippen LogP contribution in [0.15, 0.2) is 54.7 Å². The van der Waals surface area contributed by atoms with Crippen LogP contribution >= 0.6 is 22.9 Å². The Hall–Kier alpha value is -2.29. The van der Waals surface area contributed by atoms with Gasteiger partial charge in [-0.25, -0.2) is 4.98 Å². The summed E-state index contributed by atoms with van der Waals surface area (Å²) in [6, 6.07) is 14.7. The van der Waals surface area contributed by atoms with Crippen molar-refractivity contribution in [3.05, 3.63) is 75.2 Å². The molecule has 0 spiro atoms. The van der Waals surface area contributed by atoms with E-state index in [1.807, 2.05) is 23.1 Å². The van der Waals surface area contributed by atoms with E-state index in [9.17, 15) is 13.2 Å². The lowest BCUT2D eigenvalue weighted by Gasteiger charge is -2.36. The van der Waals surface area contributed by atoms with Crippen LogP contribution in [0, 0.1) is 0 Å². The highest BCUT2D eigenvalue weighted by atomic mass is 35.5. The van der Waals surface area contributed by atoms with Crippen LogP contribution in [0.25, 0.3) is 0 Å². The fourth-order valence-corrected chi connectivity index (χ4v) is 4.59. The Morgan fingerprint density at radius 1 is 1.03 bits per heavy atom. The molecule has 1 fully saturated rings. The van der Waals surface area contributed by atoms with Gasteiger partial charge in [-0.15, -0.1) is 11.3 Å². The molecule has 0 saturated carbocycles. The lowest BCUT2D eigenvalue weighted by molar-refractivity contribution is -0.136. The molecule has 9 heteroatoms. The number of halogens is 4. The van der Waals surface area contributed by atoms with Crippen LogP contribution in [0.3, 0.4) is 0 Å². The normalized spacial score (nSPS) is 15.3. The van der Waals surface area contributed by atoms with Crippen molar-refractivity contribution in [2.24, 2.45) is 0 Å². The molecule has 1 aromatic heterocycles. The molecule has 4 rings (SSSR count). The van der Waals surface area contributed by atoms with Crippen molar-refractivity contribution in [3.63, 3.8) is 0 Å². The zero-order valence-electron chi connectivity index (χ0n) is 16.7. The summed E-state index contributed by atoms with van der Waals surface area (Å²) in [5.74, 6) is 0. The van der Waals surface area contributed by atoms with Crippen molar-refractivity contribution in [3.8, 4) is 0 Å². The van der Waals surface area contributed by atoms with Gasteiger partial charge in [0.2, 0.25) is 0 Å². The number of hydrogen-bond donors (Lipinski definition) is 1. The molecule has 31 heavy (non-hydrogen) atoms. The van der Waals surface area contributed by atoms with E-state index in [-0.39, 0.29) is 12.2 Å². The molecular formula is C22H22ClF3N4S. The molecule has 1 saturated heterocycles. The van der Waals surface area contributed by atoms with Crippen molar-refractivity contribution in [2.75, 3.05) is 36.4 Å². The van der Waals surface area contributed by atoms with E-state index in [1.165, 1.54) is 29.0 Å². The summed E-state index contributed by atoms with van der Waals surface area (Å²) in [5.41, 5.74) is 1.24. The molecule has 2 heterocycles. The topological polar surface area (TPSA) is 31.4 Å². The summed E-state index contributed by atoms with van der Waals surface area (Å²) < 4.78 is 41.6. The lowest BCUT2D eigenvalue weighted by Crippen LogP contribution is -2.46. The van der Waals surface area contributed by atoms with Crippen molar-refractivity contribution in [1.29, 1.82) is 0 Å². The summed E-state index contributed by atoms with van der Waals surface area (Å²) in [4.78, 5) is 9.04. The summed E-state index contributed by atoms with van der Waals surface area (Å²) in [5, 5.41) is 2.88. The zero-order chi connectivity index (χ0) is 21.8. The van der Waals surface area contributed by atoms with Crippen LogP contribution < -0.4 is 10.2 Å². The van der Waals surface area contributed by atoms with E-state index >= 15 is 0 Å². The second-order valence-corrected chi connectivity index (χ2v) is 9.11. The number of rotatable bonds is 6. The van der Waals surface area contributed by atoms with Crippen molar-refractivity contribution in [2.45, 2.75) is 19.3 Å². The van der Waals surface area contributed by atoms with Gasteiger partial charge in [0.05, 0.1) is 12.1 Å². The van der Waals surface area contributed by atoms with E-state index in [0.717, 1.165) is 24.5 Å². The molecule has 0 amide bonds. The first-order valence-electron chi connectivity index (χ1n) is 9.95. The maximum absolute atomic E-state index is 13.7. The molecule has 0 bridgehead atoms. The number of anilines is 2. The van der Waals surface area contributed by atoms with Gasteiger partial charge >= 0.3 is 6.18 Å². The van der Waals surface area contributed by atoms with Crippen LogP contribution in [0.5, 0.6) is 0 Å². The third kappa shape index (κ3) is 5.70. The Morgan fingerprint density at radius 2 is 1.77 bits per heavy atom. The number of hydrogen-bond acceptors (Lipinski definition) is 5. The standard InChI is InChI=1S/C22H22ClF3N4S/c23-21-28-14-18(31-21)13-27-20-7-6-17(12-19(20)22(24,25)26)30-10-8-29(9-11-30)15-16-4-2-1-3-5-16/h1-7,12,14,27H,8-11,13,15H2. The van der Waals surface area contributed by atoms with Crippen LogP contribution in [0.1, 0.15) is 16.0 Å². The number of nitrogens with zero attached hydrogens (tertiary/aromatic N) is 3. The van der Waals surface area contributed by atoms with Gasteiger partial charge in [0.1, 0.15) is 0 Å². The average Bonchev–Trinajstić information content (AvgIpc) is 3.18. The monoisotopic (exact) mass is 466 g/mol. The number of thiazole rings is 1. The number of alkyl halides is 3. The zero-order valence-corrected chi connectivity index (χ0v) is 18.3. The van der Waals surface area contributed by atoms with E-state index in [1.54, 1.807) is 12.3 Å². The Morgan fingerprint density at radius 3 is 2.42 bits per heavy atom. The van der Waals surface area contributed by atoms with Gasteiger partial charge in [-0.3, -0.25) is 4.90 Å². The highest BCUT2D eigenvalue weighted by Crippen LogP contribution is 2.38. The largest absolute Gasteiger partial charge is 0.418 e. The van der Waals surface area contributed by atoms with Crippen LogP contribution in [0.4, 0.5) is 24.5 Å². The molecule has 0 unspecified atom stereocenters. The fraction of sp³-hybridized carbons (Fsp3) is 0.318. The van der Waals surface area contributed by atoms with Gasteiger partial charge in [0.25, 0.3) is 0 Å². The molecule has 1 aliphatic rings. The van der Waals surface area contributed by atoms with Crippen molar-refractivity contribution < 1.29 is 13.2 Å². The predicted octanol–water partition coefficient (Wildman–Crippen LogP) is 5.75. The summed E-state index contributed by atoms with van der Waals surface area (Å²) in [6.45, 7) is 4.09. The molecule has 0 atom stereocenters. The molecule has 164 valence electrons. The van der Waals surface area contributed by atoms with Gasteiger partial charge in [-0.1, -0.05) is 41.9 Å². The molecule has 0 radical (unpaired) electrons. The SMILES string of the molecule is FC(F)(F)c1cc(N2CCN(Cc3ccccc3)CC2)ccc1NCc1cnc(Cl)s1. The molecular weight excluding hydrogens is 445 g/mol. The summed E-state index contributed by atoms with van der Waals surface area (Å²) in [7, 11) is 0. The van der Waals surface area contributed by atoms with E-state index in [4.69, 9.17) is 11.6 Å². The Kier molecular flexibility index (Phi) is 6.69. The fourth-order valence-electron chi connectivity index (χ4n) is 3.67. The minimum Gasteiger partial charge on any atom is -0.380 e. The summed E-state index contributed by atoms with van der Waals surface area (Å²) >= 11 is 7.04. The Labute approximate surface area is 188 Å². The first-order valence-corrected chi connectivity index (χ1v) is 11.1. The van der Waals surface area contributed by atoms with Gasteiger partial charge in [-0.2, -0.15) is 13.2 Å². The molecule has 2 aromatic carbocycles. The molecule has 3 aromatic rings. The first kappa shape index (κ1) is 21.9. The predicted molar refractivity (Wildman–Crippen MR) is 120 cm³/mol. The molecule has 4 nitrogen and oxygen atoms in total. The van der Waals surface area contributed by atoms with Crippen LogP contribution in [-0.4, -0.2) is 36.1 Å². The van der Waals surface area contributed by atoms with Gasteiger partial charge < -0.3 is 10.2 Å². The average molecular weight is 467 g/mol. The molecule has 0 aliphatic carbocycles. The number of aromatic nitrogens is 1. The minimum atomic E-state index is -4.45. The second-order valence-electron chi connectivity index (χ2n) is 7.41. The van der Waals surface area contributed by atoms with Gasteiger partial charge in [0.15, 0.2) is 4.47 Å². The summed E-state index contributed by atoms with van der Waals surface area (Å²) in [6.07, 6.45) is -2.88. The number of piperazine rings is 1. The van der Waals surface area contributed by atoms with Crippen LogP contribution in [-0.2, 0) is 19.3 Å². The maximum Gasteiger partial charge on any atom is 0.418 e. The lowest BCUT2D eigenvalue weighted by atomic mass is 10.1. The quantitative estimate of drug-likeness (QED) is 0.501. The third-order valence-corrected chi connectivity index (χ3v) is 6.39. The molecule has 1 N–H and O–H groups in total. The first-order chi connectivity index (χ1) is 14.9. The maximum atomic E-state index is 13.7. The number of benzene rings is 2. The third-order valence-electron chi connectivity index (χ3n) is 5.27. The number of nitrogens with one attached hydrogen (secondary N) is 1. The smallest absolute Gasteiger partial charge is 0.380 e. The van der Waals surface area contributed by atoms with E-state index in [2.05, 4.69) is 27.3 Å². The van der Waals surface area contributed by atoms with Gasteiger partial charge in [-0.05, 0) is 23.8 Å². The second kappa shape index (κ2) is 9.46. The van der Waals surface area contributed by atoms with Crippen LogP contribution in [0.2, 0.25) is 4.47 Å². The van der Waals surface area contributed by atoms with E-state index in [0.29, 0.717) is 23.2 Å².